The number of nitrogens with two attached hydrogens (primary N) is 1. The number of thiazole rings is 1. The summed E-state index contributed by atoms with van der Waals surface area (Å²) in [4.78, 5) is 18.7. The van der Waals surface area contributed by atoms with Crippen molar-refractivity contribution in [1.82, 2.24) is 19.1 Å². The lowest BCUT2D eigenvalue weighted by atomic mass is 10.1. The number of hydrogen-bond donors (Lipinski definition) is 1. The molecule has 5 rings (SSSR count). The Balaban J connectivity index is 1.37. The first-order valence-electron chi connectivity index (χ1n) is 9.19. The predicted octanol–water partition coefficient (Wildman–Crippen LogP) is 2.27. The van der Waals surface area contributed by atoms with Crippen molar-refractivity contribution in [1.29, 1.82) is 0 Å². The van der Waals surface area contributed by atoms with Gasteiger partial charge >= 0.3 is 0 Å². The number of fused-ring (bicyclic) bond motifs is 2. The molecule has 4 aromatic rings. The maximum atomic E-state index is 13.0. The van der Waals surface area contributed by atoms with Gasteiger partial charge in [0.2, 0.25) is 5.91 Å². The molecule has 0 bridgehead atoms. The van der Waals surface area contributed by atoms with Crippen LogP contribution < -0.4 is 5.73 Å². The molecular weight excluding hydrogens is 422 g/mol. The van der Waals surface area contributed by atoms with Gasteiger partial charge in [0.15, 0.2) is 0 Å². The van der Waals surface area contributed by atoms with Crippen molar-refractivity contribution in [3.63, 3.8) is 0 Å². The minimum atomic E-state index is -3.83. The molecule has 0 saturated heterocycles. The first-order valence-corrected chi connectivity index (χ1v) is 11.5. The number of benzene rings is 2. The van der Waals surface area contributed by atoms with Crippen LogP contribution in [0.5, 0.6) is 0 Å². The zero-order valence-electron chi connectivity index (χ0n) is 15.7. The molecule has 1 amide bonds. The highest BCUT2D eigenvalue weighted by Gasteiger charge is 2.32. The molecule has 0 saturated carbocycles. The largest absolute Gasteiger partial charge is 0.331 e. The van der Waals surface area contributed by atoms with Crippen LogP contribution in [-0.2, 0) is 27.9 Å². The van der Waals surface area contributed by atoms with Crippen LogP contribution in [0.3, 0.4) is 0 Å². The maximum Gasteiger partial charge on any atom is 0.283 e. The standard InChI is InChI=1S/C20H17N5O3S2/c21-19(13-4-2-1-3-5-13)20(26)24-9-14-10-25(23-17(14)11-24)30(27,28)15-6-7-16-18(8-15)29-12-22-16/h1-8,10,12,19H,9,11,21H2/t19-/m0/s1. The van der Waals surface area contributed by atoms with Gasteiger partial charge in [0, 0.05) is 18.3 Å². The van der Waals surface area contributed by atoms with Crippen LogP contribution in [0.25, 0.3) is 10.2 Å². The summed E-state index contributed by atoms with van der Waals surface area (Å²) in [6.45, 7) is 0.503. The van der Waals surface area contributed by atoms with E-state index >= 15 is 0 Å². The van der Waals surface area contributed by atoms with Gasteiger partial charge < -0.3 is 10.6 Å². The summed E-state index contributed by atoms with van der Waals surface area (Å²) in [5, 5.41) is 4.25. The summed E-state index contributed by atoms with van der Waals surface area (Å²) in [6.07, 6.45) is 1.48. The maximum absolute atomic E-state index is 13.0. The number of aromatic nitrogens is 3. The third-order valence-electron chi connectivity index (χ3n) is 5.14. The molecule has 1 aliphatic heterocycles. The molecule has 2 N–H and O–H groups in total. The van der Waals surface area contributed by atoms with Gasteiger partial charge in [0.1, 0.15) is 6.04 Å². The lowest BCUT2D eigenvalue weighted by Gasteiger charge is -2.20. The monoisotopic (exact) mass is 439 g/mol. The van der Waals surface area contributed by atoms with Crippen molar-refractivity contribution in [2.45, 2.75) is 24.0 Å². The van der Waals surface area contributed by atoms with Crippen molar-refractivity contribution in [3.05, 3.63) is 77.1 Å². The van der Waals surface area contributed by atoms with E-state index in [-0.39, 0.29) is 23.9 Å². The fraction of sp³-hybridized carbons (Fsp3) is 0.150. The van der Waals surface area contributed by atoms with Gasteiger partial charge in [-0.05, 0) is 23.8 Å². The van der Waals surface area contributed by atoms with Gasteiger partial charge in [-0.1, -0.05) is 30.3 Å². The Kier molecular flexibility index (Phi) is 4.42. The zero-order valence-corrected chi connectivity index (χ0v) is 17.3. The molecule has 2 aromatic heterocycles. The second kappa shape index (κ2) is 7.01. The first kappa shape index (κ1) is 18.9. The van der Waals surface area contributed by atoms with E-state index < -0.39 is 16.1 Å². The number of rotatable bonds is 4. The van der Waals surface area contributed by atoms with Crippen LogP contribution in [-0.4, -0.2) is 33.4 Å². The number of carbonyl (C=O) groups is 1. The third kappa shape index (κ3) is 3.09. The Labute approximate surface area is 176 Å². The molecule has 3 heterocycles. The average Bonchev–Trinajstić information content (AvgIpc) is 3.47. The van der Waals surface area contributed by atoms with Crippen LogP contribution in [0.4, 0.5) is 0 Å². The van der Waals surface area contributed by atoms with E-state index in [4.69, 9.17) is 5.73 Å². The van der Waals surface area contributed by atoms with Gasteiger partial charge in [-0.2, -0.15) is 17.6 Å². The number of nitrogens with zero attached hydrogens (tertiary/aromatic N) is 4. The van der Waals surface area contributed by atoms with Crippen LogP contribution in [0.2, 0.25) is 0 Å². The van der Waals surface area contributed by atoms with Crippen molar-refractivity contribution in [2.24, 2.45) is 5.73 Å². The summed E-state index contributed by atoms with van der Waals surface area (Å²) in [5.74, 6) is -0.218. The van der Waals surface area contributed by atoms with Crippen LogP contribution >= 0.6 is 11.3 Å². The molecule has 1 aliphatic rings. The minimum absolute atomic E-state index is 0.152. The minimum Gasteiger partial charge on any atom is -0.331 e. The predicted molar refractivity (Wildman–Crippen MR) is 112 cm³/mol. The van der Waals surface area contributed by atoms with Gasteiger partial charge in [0.25, 0.3) is 10.0 Å². The van der Waals surface area contributed by atoms with Gasteiger partial charge in [-0.15, -0.1) is 11.3 Å². The van der Waals surface area contributed by atoms with Crippen LogP contribution in [0.15, 0.2) is 65.1 Å². The molecule has 0 fully saturated rings. The summed E-state index contributed by atoms with van der Waals surface area (Å²) in [6, 6.07) is 13.2. The van der Waals surface area contributed by atoms with Gasteiger partial charge in [0.05, 0.1) is 32.9 Å². The van der Waals surface area contributed by atoms with Crippen molar-refractivity contribution >= 4 is 37.5 Å². The second-order valence-corrected chi connectivity index (χ2v) is 9.73. The van der Waals surface area contributed by atoms with Gasteiger partial charge in [-0.25, -0.2) is 4.98 Å². The van der Waals surface area contributed by atoms with Gasteiger partial charge in [-0.3, -0.25) is 4.79 Å². The Bertz CT molecular complexity index is 1340. The molecule has 2 aromatic carbocycles. The van der Waals surface area contributed by atoms with E-state index in [1.54, 1.807) is 22.5 Å². The lowest BCUT2D eigenvalue weighted by Crippen LogP contribution is -2.35. The van der Waals surface area contributed by atoms with Crippen molar-refractivity contribution < 1.29 is 13.2 Å². The first-order chi connectivity index (χ1) is 14.4. The topological polar surface area (TPSA) is 111 Å². The lowest BCUT2D eigenvalue weighted by molar-refractivity contribution is -0.133. The van der Waals surface area contributed by atoms with E-state index in [1.165, 1.54) is 23.6 Å². The molecule has 30 heavy (non-hydrogen) atoms. The Morgan fingerprint density at radius 2 is 1.93 bits per heavy atom. The second-order valence-electron chi connectivity index (χ2n) is 7.04. The molecule has 152 valence electrons. The highest BCUT2D eigenvalue weighted by atomic mass is 32.2. The molecule has 10 heteroatoms. The Hall–Kier alpha value is -3.08. The van der Waals surface area contributed by atoms with Crippen LogP contribution in [0.1, 0.15) is 22.9 Å². The fourth-order valence-electron chi connectivity index (χ4n) is 3.51. The molecule has 8 nitrogen and oxygen atoms in total. The van der Waals surface area contributed by atoms with E-state index in [0.29, 0.717) is 11.3 Å². The Morgan fingerprint density at radius 1 is 1.13 bits per heavy atom. The number of carbonyl (C=O) groups excluding carboxylic acids is 1. The molecule has 0 radical (unpaired) electrons. The molecule has 1 atom stereocenters. The van der Waals surface area contributed by atoms with Crippen molar-refractivity contribution in [2.75, 3.05) is 0 Å². The highest BCUT2D eigenvalue weighted by molar-refractivity contribution is 7.89. The van der Waals surface area contributed by atoms with E-state index in [2.05, 4.69) is 10.1 Å². The summed E-state index contributed by atoms with van der Waals surface area (Å²) >= 11 is 1.38. The molecule has 0 spiro atoms. The van der Waals surface area contributed by atoms with Crippen molar-refractivity contribution in [3.8, 4) is 0 Å². The molecule has 0 aliphatic carbocycles. The van der Waals surface area contributed by atoms with Crippen LogP contribution in [0, 0.1) is 0 Å². The number of amides is 1. The average molecular weight is 440 g/mol. The Morgan fingerprint density at radius 3 is 2.70 bits per heavy atom. The van der Waals surface area contributed by atoms with E-state index in [9.17, 15) is 13.2 Å². The van der Waals surface area contributed by atoms with E-state index in [1.807, 2.05) is 30.3 Å². The summed E-state index contributed by atoms with van der Waals surface area (Å²) in [7, 11) is -3.83. The normalized spacial score (nSPS) is 14.8. The molecule has 0 unspecified atom stereocenters. The smallest absolute Gasteiger partial charge is 0.283 e. The van der Waals surface area contributed by atoms with E-state index in [0.717, 1.165) is 19.9 Å². The quantitative estimate of drug-likeness (QED) is 0.522. The molecular formula is C20H17N5O3S2. The highest BCUT2D eigenvalue weighted by Crippen LogP contribution is 2.27. The SMILES string of the molecule is N[C@H](C(=O)N1Cc2cn(S(=O)(=O)c3ccc4ncsc4c3)nc2C1)c1ccccc1. The fourth-order valence-corrected chi connectivity index (χ4v) is 5.50. The summed E-state index contributed by atoms with van der Waals surface area (Å²) < 4.78 is 27.8. The third-order valence-corrected chi connectivity index (χ3v) is 7.46. The zero-order chi connectivity index (χ0) is 20.9. The number of hydrogen-bond acceptors (Lipinski definition) is 7. The summed E-state index contributed by atoms with van der Waals surface area (Å²) in [5.41, 5.74) is 10.5.